The Hall–Kier alpha value is -7.17. The quantitative estimate of drug-likeness (QED) is 0.170. The molecule has 264 valence electrons. The number of anilines is 3. The van der Waals surface area contributed by atoms with Gasteiger partial charge in [-0.2, -0.15) is 0 Å². The van der Waals surface area contributed by atoms with Gasteiger partial charge in [-0.1, -0.05) is 117 Å². The molecule has 11 aromatic rings. The zero-order chi connectivity index (χ0) is 37.1. The molecule has 0 aliphatic heterocycles. The molecule has 0 amide bonds. The lowest BCUT2D eigenvalue weighted by atomic mass is 9.82. The van der Waals surface area contributed by atoms with Crippen LogP contribution in [0.15, 0.2) is 179 Å². The third kappa shape index (κ3) is 4.38. The second-order valence-electron chi connectivity index (χ2n) is 15.5. The van der Waals surface area contributed by atoms with E-state index in [-0.39, 0.29) is 5.41 Å². The lowest BCUT2D eigenvalue weighted by Gasteiger charge is -2.28. The zero-order valence-electron chi connectivity index (χ0n) is 30.9. The fourth-order valence-corrected chi connectivity index (χ4v) is 9.34. The third-order valence-electron chi connectivity index (χ3n) is 12.1. The molecule has 3 heterocycles. The van der Waals surface area contributed by atoms with Gasteiger partial charge in [0.15, 0.2) is 0 Å². The number of para-hydroxylation sites is 3. The molecule has 0 bridgehead atoms. The van der Waals surface area contributed by atoms with E-state index in [0.29, 0.717) is 0 Å². The highest BCUT2D eigenvalue weighted by Gasteiger charge is 2.35. The fourth-order valence-electron chi connectivity index (χ4n) is 9.34. The van der Waals surface area contributed by atoms with Gasteiger partial charge in [-0.3, -0.25) is 0 Å². The van der Waals surface area contributed by atoms with Gasteiger partial charge >= 0.3 is 0 Å². The summed E-state index contributed by atoms with van der Waals surface area (Å²) in [7, 11) is 0. The van der Waals surface area contributed by atoms with Crippen LogP contribution in [0.5, 0.6) is 0 Å². The molecule has 0 radical (unpaired) electrons. The predicted octanol–water partition coefficient (Wildman–Crippen LogP) is 14.6. The van der Waals surface area contributed by atoms with Crippen molar-refractivity contribution in [3.8, 4) is 22.4 Å². The molecular weight excluding hydrogens is 685 g/mol. The topological polar surface area (TPSA) is 42.4 Å². The van der Waals surface area contributed by atoms with Gasteiger partial charge in [0, 0.05) is 71.8 Å². The van der Waals surface area contributed by atoms with Gasteiger partial charge in [0.05, 0.1) is 11.2 Å². The Morgan fingerprint density at radius 2 is 1.04 bits per heavy atom. The van der Waals surface area contributed by atoms with Gasteiger partial charge in [0.1, 0.15) is 22.3 Å². The Labute approximate surface area is 322 Å². The van der Waals surface area contributed by atoms with E-state index in [1.54, 1.807) is 0 Å². The molecule has 0 fully saturated rings. The number of aromatic nitrogens is 1. The maximum atomic E-state index is 6.59. The van der Waals surface area contributed by atoms with Crippen molar-refractivity contribution >= 4 is 82.6 Å². The van der Waals surface area contributed by atoms with E-state index in [1.807, 2.05) is 24.3 Å². The Morgan fingerprint density at radius 1 is 0.446 bits per heavy atom. The van der Waals surface area contributed by atoms with Crippen molar-refractivity contribution in [3.63, 3.8) is 0 Å². The van der Waals surface area contributed by atoms with Crippen LogP contribution in [0.3, 0.4) is 0 Å². The average Bonchev–Trinajstić information content (AvgIpc) is 3.88. The lowest BCUT2D eigenvalue weighted by Crippen LogP contribution is -2.16. The Balaban J connectivity index is 1.04. The SMILES string of the molecule is CC1(C)c2ccccc2-c2ccc(N(c3ccc(-c4nc5ccccc5c5c4ccc4c6ccccc6oc45)cc3)c3ccc4c(c3)oc3ccccc34)cc21. The number of pyridine rings is 1. The summed E-state index contributed by atoms with van der Waals surface area (Å²) >= 11 is 0. The fraction of sp³-hybridized carbons (Fsp3) is 0.0577. The van der Waals surface area contributed by atoms with Gasteiger partial charge in [0.2, 0.25) is 0 Å². The van der Waals surface area contributed by atoms with Gasteiger partial charge < -0.3 is 13.7 Å². The first-order valence-electron chi connectivity index (χ1n) is 19.2. The van der Waals surface area contributed by atoms with Crippen molar-refractivity contribution in [2.24, 2.45) is 0 Å². The van der Waals surface area contributed by atoms with Crippen LogP contribution < -0.4 is 4.90 Å². The van der Waals surface area contributed by atoms with E-state index in [2.05, 4.69) is 164 Å². The number of fused-ring (bicyclic) bond motifs is 13. The van der Waals surface area contributed by atoms with Gasteiger partial charge in [-0.25, -0.2) is 4.98 Å². The number of hydrogen-bond donors (Lipinski definition) is 0. The minimum atomic E-state index is -0.131. The Morgan fingerprint density at radius 3 is 1.88 bits per heavy atom. The second kappa shape index (κ2) is 11.4. The second-order valence-corrected chi connectivity index (χ2v) is 15.5. The van der Waals surface area contributed by atoms with Crippen molar-refractivity contribution < 1.29 is 8.83 Å². The van der Waals surface area contributed by atoms with Crippen molar-refractivity contribution in [1.82, 2.24) is 4.98 Å². The largest absolute Gasteiger partial charge is 0.456 e. The number of benzene rings is 8. The van der Waals surface area contributed by atoms with E-state index in [9.17, 15) is 0 Å². The van der Waals surface area contributed by atoms with Crippen LogP contribution in [-0.4, -0.2) is 4.98 Å². The minimum absolute atomic E-state index is 0.131. The molecule has 56 heavy (non-hydrogen) atoms. The summed E-state index contributed by atoms with van der Waals surface area (Å²) in [6.45, 7) is 4.67. The van der Waals surface area contributed by atoms with Gasteiger partial charge in [-0.05, 0) is 82.9 Å². The van der Waals surface area contributed by atoms with Crippen LogP contribution in [0.2, 0.25) is 0 Å². The van der Waals surface area contributed by atoms with Crippen LogP contribution in [0.25, 0.3) is 87.9 Å². The molecule has 4 heteroatoms. The van der Waals surface area contributed by atoms with Crippen molar-refractivity contribution in [2.75, 3.05) is 4.90 Å². The molecule has 0 N–H and O–H groups in total. The summed E-state index contributed by atoms with van der Waals surface area (Å²) in [5.41, 5.74) is 14.8. The maximum absolute atomic E-state index is 6.59. The summed E-state index contributed by atoms with van der Waals surface area (Å²) in [5.74, 6) is 0. The zero-order valence-corrected chi connectivity index (χ0v) is 30.9. The molecule has 0 atom stereocenters. The first-order valence-corrected chi connectivity index (χ1v) is 19.2. The number of furan rings is 2. The molecule has 4 nitrogen and oxygen atoms in total. The molecule has 0 saturated heterocycles. The lowest BCUT2D eigenvalue weighted by molar-refractivity contribution is 0.660. The van der Waals surface area contributed by atoms with Gasteiger partial charge in [0.25, 0.3) is 0 Å². The first-order chi connectivity index (χ1) is 27.5. The molecule has 0 unspecified atom stereocenters. The van der Waals surface area contributed by atoms with Gasteiger partial charge in [-0.15, -0.1) is 0 Å². The molecule has 0 saturated carbocycles. The van der Waals surface area contributed by atoms with E-state index in [0.717, 1.165) is 93.9 Å². The smallest absolute Gasteiger partial charge is 0.144 e. The minimum Gasteiger partial charge on any atom is -0.456 e. The molecule has 1 aliphatic rings. The summed E-state index contributed by atoms with van der Waals surface area (Å²) < 4.78 is 13.0. The van der Waals surface area contributed by atoms with Crippen molar-refractivity contribution in [1.29, 1.82) is 0 Å². The van der Waals surface area contributed by atoms with E-state index in [1.165, 1.54) is 22.3 Å². The van der Waals surface area contributed by atoms with E-state index in [4.69, 9.17) is 13.8 Å². The van der Waals surface area contributed by atoms with Crippen LogP contribution in [-0.2, 0) is 5.41 Å². The molecule has 1 aliphatic carbocycles. The third-order valence-corrected chi connectivity index (χ3v) is 12.1. The van der Waals surface area contributed by atoms with Crippen molar-refractivity contribution in [2.45, 2.75) is 19.3 Å². The van der Waals surface area contributed by atoms with Crippen LogP contribution >= 0.6 is 0 Å². The van der Waals surface area contributed by atoms with E-state index < -0.39 is 0 Å². The standard InChI is InChI=1S/C52H34N2O2/c1-52(2)43-15-7-3-11-35(43)36-25-23-33(29-44(36)52)54(34-24-26-39-37-12-5-9-17-46(37)55-48(39)30-34)32-21-19-31(20-22-32)50-42-28-27-40-38-13-6-10-18-47(38)56-51(40)49(42)41-14-4-8-16-45(41)53-50/h3-30H,1-2H3. The number of rotatable bonds is 4. The average molecular weight is 719 g/mol. The predicted molar refractivity (Wildman–Crippen MR) is 231 cm³/mol. The number of nitrogens with zero attached hydrogens (tertiary/aromatic N) is 2. The highest BCUT2D eigenvalue weighted by Crippen LogP contribution is 2.51. The Kier molecular flexibility index (Phi) is 6.37. The molecule has 12 rings (SSSR count). The summed E-state index contributed by atoms with van der Waals surface area (Å²) in [4.78, 5) is 7.63. The maximum Gasteiger partial charge on any atom is 0.144 e. The monoisotopic (exact) mass is 718 g/mol. The van der Waals surface area contributed by atoms with E-state index >= 15 is 0 Å². The molecular formula is C52H34N2O2. The number of hydrogen-bond acceptors (Lipinski definition) is 4. The van der Waals surface area contributed by atoms with Crippen molar-refractivity contribution in [3.05, 3.63) is 181 Å². The van der Waals surface area contributed by atoms with Crippen LogP contribution in [0.4, 0.5) is 17.1 Å². The normalized spacial score (nSPS) is 13.3. The molecule has 3 aromatic heterocycles. The first kappa shape index (κ1) is 31.2. The van der Waals surface area contributed by atoms with Crippen LogP contribution in [0.1, 0.15) is 25.0 Å². The summed E-state index contributed by atoms with van der Waals surface area (Å²) in [5, 5.41) is 7.71. The highest BCUT2D eigenvalue weighted by molar-refractivity contribution is 6.24. The highest BCUT2D eigenvalue weighted by atomic mass is 16.3. The molecule has 8 aromatic carbocycles. The van der Waals surface area contributed by atoms with Crippen LogP contribution in [0, 0.1) is 0 Å². The summed E-state index contributed by atoms with van der Waals surface area (Å²) in [6.07, 6.45) is 0. The molecule has 0 spiro atoms. The Bertz CT molecular complexity index is 3400. The summed E-state index contributed by atoms with van der Waals surface area (Å²) in [6, 6.07) is 60.4.